The average molecular weight is 262 g/mol. The second-order valence-corrected chi connectivity index (χ2v) is 4.14. The molecule has 0 amide bonds. The van der Waals surface area contributed by atoms with E-state index >= 15 is 0 Å². The monoisotopic (exact) mass is 262 g/mol. The van der Waals surface area contributed by atoms with Crippen molar-refractivity contribution in [2.75, 3.05) is 13.7 Å². The number of benzene rings is 1. The van der Waals surface area contributed by atoms with Crippen LogP contribution in [0, 0.1) is 0 Å². The van der Waals surface area contributed by atoms with Crippen LogP contribution >= 0.6 is 0 Å². The van der Waals surface area contributed by atoms with Crippen LogP contribution in [0.15, 0.2) is 30.6 Å². The molecule has 0 radical (unpaired) electrons. The lowest BCUT2D eigenvalue weighted by Crippen LogP contribution is -2.07. The molecule has 1 N–H and O–H groups in total. The predicted molar refractivity (Wildman–Crippen MR) is 71.4 cm³/mol. The fourth-order valence-electron chi connectivity index (χ4n) is 1.92. The summed E-state index contributed by atoms with van der Waals surface area (Å²) in [6.45, 7) is 2.48. The van der Waals surface area contributed by atoms with E-state index in [1.165, 1.54) is 0 Å². The van der Waals surface area contributed by atoms with E-state index in [1.807, 2.05) is 20.0 Å². The summed E-state index contributed by atoms with van der Waals surface area (Å²) in [4.78, 5) is 4.15. The second-order valence-electron chi connectivity index (χ2n) is 4.14. The zero-order chi connectivity index (χ0) is 13.8. The smallest absolute Gasteiger partial charge is 0.161 e. The molecule has 0 aliphatic rings. The number of nitrogens with zero attached hydrogens (tertiary/aromatic N) is 2. The molecule has 1 aromatic carbocycles. The molecule has 0 aliphatic heterocycles. The summed E-state index contributed by atoms with van der Waals surface area (Å²) in [6.07, 6.45) is 2.67. The van der Waals surface area contributed by atoms with Gasteiger partial charge >= 0.3 is 0 Å². The van der Waals surface area contributed by atoms with Gasteiger partial charge in [0, 0.05) is 19.4 Å². The first-order valence-electron chi connectivity index (χ1n) is 6.13. The molecule has 19 heavy (non-hydrogen) atoms. The molecule has 0 aliphatic carbocycles. The molecule has 0 saturated carbocycles. The van der Waals surface area contributed by atoms with Crippen molar-refractivity contribution in [2.24, 2.45) is 7.05 Å². The maximum absolute atomic E-state index is 10.3. The first-order chi connectivity index (χ1) is 9.17. The van der Waals surface area contributed by atoms with E-state index in [1.54, 1.807) is 36.2 Å². The van der Waals surface area contributed by atoms with Gasteiger partial charge < -0.3 is 19.1 Å². The Kier molecular flexibility index (Phi) is 4.06. The number of hydrogen-bond donors (Lipinski definition) is 1. The van der Waals surface area contributed by atoms with Crippen molar-refractivity contribution in [3.63, 3.8) is 0 Å². The summed E-state index contributed by atoms with van der Waals surface area (Å²) in [5.74, 6) is 1.86. The van der Waals surface area contributed by atoms with E-state index in [0.717, 1.165) is 5.56 Å². The Morgan fingerprint density at radius 3 is 2.74 bits per heavy atom. The number of hydrogen-bond acceptors (Lipinski definition) is 4. The van der Waals surface area contributed by atoms with E-state index < -0.39 is 6.10 Å². The predicted octanol–water partition coefficient (Wildman–Crippen LogP) is 1.91. The highest BCUT2D eigenvalue weighted by Crippen LogP contribution is 2.31. The van der Waals surface area contributed by atoms with Gasteiger partial charge in [0.05, 0.1) is 13.7 Å². The Bertz CT molecular complexity index is 551. The fraction of sp³-hybridized carbons (Fsp3) is 0.357. The van der Waals surface area contributed by atoms with Gasteiger partial charge in [0.15, 0.2) is 11.5 Å². The molecule has 5 nitrogen and oxygen atoms in total. The van der Waals surface area contributed by atoms with Crippen molar-refractivity contribution in [1.29, 1.82) is 0 Å². The maximum Gasteiger partial charge on any atom is 0.161 e. The zero-order valence-corrected chi connectivity index (χ0v) is 11.3. The minimum Gasteiger partial charge on any atom is -0.493 e. The molecule has 0 bridgehead atoms. The Morgan fingerprint density at radius 1 is 1.37 bits per heavy atom. The van der Waals surface area contributed by atoms with Crippen molar-refractivity contribution in [3.05, 3.63) is 42.0 Å². The minimum absolute atomic E-state index is 0.567. The van der Waals surface area contributed by atoms with Gasteiger partial charge in [-0.25, -0.2) is 4.98 Å². The van der Waals surface area contributed by atoms with E-state index in [4.69, 9.17) is 9.47 Å². The molecule has 5 heteroatoms. The van der Waals surface area contributed by atoms with E-state index in [2.05, 4.69) is 4.98 Å². The van der Waals surface area contributed by atoms with Crippen LogP contribution in [-0.2, 0) is 7.05 Å². The van der Waals surface area contributed by atoms with E-state index in [9.17, 15) is 5.11 Å². The summed E-state index contributed by atoms with van der Waals surface area (Å²) in [5, 5.41) is 10.3. The molecule has 0 saturated heterocycles. The van der Waals surface area contributed by atoms with Gasteiger partial charge in [-0.2, -0.15) is 0 Å². The van der Waals surface area contributed by atoms with Crippen molar-refractivity contribution in [1.82, 2.24) is 9.55 Å². The fourth-order valence-corrected chi connectivity index (χ4v) is 1.92. The van der Waals surface area contributed by atoms with Gasteiger partial charge in [-0.15, -0.1) is 0 Å². The quantitative estimate of drug-likeness (QED) is 0.894. The summed E-state index contributed by atoms with van der Waals surface area (Å²) < 4.78 is 12.5. The van der Waals surface area contributed by atoms with Crippen LogP contribution in [0.1, 0.15) is 24.4 Å². The maximum atomic E-state index is 10.3. The third kappa shape index (κ3) is 2.71. The molecule has 2 rings (SSSR count). The highest BCUT2D eigenvalue weighted by molar-refractivity contribution is 5.44. The lowest BCUT2D eigenvalue weighted by atomic mass is 10.1. The molecule has 0 unspecified atom stereocenters. The molecule has 102 valence electrons. The highest BCUT2D eigenvalue weighted by atomic mass is 16.5. The number of aliphatic hydroxyl groups is 1. The van der Waals surface area contributed by atoms with Crippen LogP contribution in [-0.4, -0.2) is 28.4 Å². The Labute approximate surface area is 112 Å². The third-order valence-electron chi connectivity index (χ3n) is 2.91. The highest BCUT2D eigenvalue weighted by Gasteiger charge is 2.17. The Morgan fingerprint density at radius 2 is 2.16 bits per heavy atom. The van der Waals surface area contributed by atoms with Crippen molar-refractivity contribution in [3.8, 4) is 11.5 Å². The lowest BCUT2D eigenvalue weighted by molar-refractivity contribution is 0.205. The van der Waals surface area contributed by atoms with Gasteiger partial charge in [-0.3, -0.25) is 0 Å². The Balaban J connectivity index is 2.33. The molecule has 1 atom stereocenters. The SMILES string of the molecule is CCOc1ccc([C@@H](O)c2nccn2C)cc1OC. The largest absolute Gasteiger partial charge is 0.493 e. The Hall–Kier alpha value is -2.01. The van der Waals surface area contributed by atoms with Gasteiger partial charge in [-0.05, 0) is 24.6 Å². The van der Waals surface area contributed by atoms with Crippen LogP contribution in [0.4, 0.5) is 0 Å². The van der Waals surface area contributed by atoms with Gasteiger partial charge in [0.1, 0.15) is 11.9 Å². The summed E-state index contributed by atoms with van der Waals surface area (Å²) in [5.41, 5.74) is 0.717. The van der Waals surface area contributed by atoms with Crippen LogP contribution in [0.3, 0.4) is 0 Å². The van der Waals surface area contributed by atoms with Gasteiger partial charge in [-0.1, -0.05) is 6.07 Å². The van der Waals surface area contributed by atoms with Crippen molar-refractivity contribution in [2.45, 2.75) is 13.0 Å². The van der Waals surface area contributed by atoms with E-state index in [-0.39, 0.29) is 0 Å². The first-order valence-corrected chi connectivity index (χ1v) is 6.13. The van der Waals surface area contributed by atoms with E-state index in [0.29, 0.717) is 23.9 Å². The molecule has 1 aromatic heterocycles. The molecular weight excluding hydrogens is 244 g/mol. The van der Waals surface area contributed by atoms with Crippen molar-refractivity contribution >= 4 is 0 Å². The number of aryl methyl sites for hydroxylation is 1. The molecule has 1 heterocycles. The van der Waals surface area contributed by atoms with Crippen LogP contribution in [0.2, 0.25) is 0 Å². The number of methoxy groups -OCH3 is 1. The number of imidazole rings is 1. The number of aromatic nitrogens is 2. The zero-order valence-electron chi connectivity index (χ0n) is 11.3. The van der Waals surface area contributed by atoms with Crippen LogP contribution in [0.5, 0.6) is 11.5 Å². The summed E-state index contributed by atoms with van der Waals surface area (Å²) in [7, 11) is 3.42. The summed E-state index contributed by atoms with van der Waals surface area (Å²) >= 11 is 0. The average Bonchev–Trinajstić information content (AvgIpc) is 2.85. The number of ether oxygens (including phenoxy) is 2. The lowest BCUT2D eigenvalue weighted by Gasteiger charge is -2.14. The molecule has 2 aromatic rings. The van der Waals surface area contributed by atoms with Crippen molar-refractivity contribution < 1.29 is 14.6 Å². The topological polar surface area (TPSA) is 56.5 Å². The number of aliphatic hydroxyl groups excluding tert-OH is 1. The van der Waals surface area contributed by atoms with Crippen LogP contribution in [0.25, 0.3) is 0 Å². The molecular formula is C14H18N2O3. The van der Waals surface area contributed by atoms with Gasteiger partial charge in [0.2, 0.25) is 0 Å². The minimum atomic E-state index is -0.787. The standard InChI is InChI=1S/C14H18N2O3/c1-4-19-11-6-5-10(9-12(11)18-3)13(17)14-15-7-8-16(14)2/h5-9,13,17H,4H2,1-3H3/t13-/m1/s1. The van der Waals surface area contributed by atoms with Gasteiger partial charge in [0.25, 0.3) is 0 Å². The first kappa shape index (κ1) is 13.4. The third-order valence-corrected chi connectivity index (χ3v) is 2.91. The summed E-state index contributed by atoms with van der Waals surface area (Å²) in [6, 6.07) is 5.38. The number of rotatable bonds is 5. The molecule has 0 spiro atoms. The second kappa shape index (κ2) is 5.75. The van der Waals surface area contributed by atoms with Crippen LogP contribution < -0.4 is 9.47 Å². The normalized spacial score (nSPS) is 12.2. The molecule has 0 fully saturated rings.